The summed E-state index contributed by atoms with van der Waals surface area (Å²) in [5.41, 5.74) is 7.33. The minimum atomic E-state index is -1.13. The molecule has 1 aliphatic rings. The second kappa shape index (κ2) is 7.31. The predicted molar refractivity (Wildman–Crippen MR) is 108 cm³/mol. The lowest BCUT2D eigenvalue weighted by molar-refractivity contribution is 0.0174. The van der Waals surface area contributed by atoms with E-state index in [1.807, 2.05) is 6.07 Å². The topological polar surface area (TPSA) is 136 Å². The van der Waals surface area contributed by atoms with Crippen LogP contribution in [0.1, 0.15) is 22.5 Å². The number of ether oxygens (including phenoxy) is 1. The number of phenolic OH excluding ortho intramolecular Hbond substituents is 4. The number of nitrogen functional groups attached to an aromatic ring is 1. The summed E-state index contributed by atoms with van der Waals surface area (Å²) in [6, 6.07) is 13.8. The fraction of sp³-hybridized carbons (Fsp3) is 0.143. The van der Waals surface area contributed by atoms with Crippen molar-refractivity contribution in [3.8, 4) is 28.7 Å². The zero-order valence-corrected chi connectivity index (χ0v) is 15.9. The Bertz CT molecular complexity index is 1070. The summed E-state index contributed by atoms with van der Waals surface area (Å²) in [5.74, 6) is -0.833. The number of anilines is 1. The van der Waals surface area contributed by atoms with E-state index in [2.05, 4.69) is 0 Å². The minimum absolute atomic E-state index is 0.187. The molecule has 150 valence electrons. The normalized spacial score (nSPS) is 20.7. The Morgan fingerprint density at radius 3 is 2.34 bits per heavy atom. The van der Waals surface area contributed by atoms with Gasteiger partial charge < -0.3 is 36.0 Å². The molecule has 1 heterocycles. The van der Waals surface area contributed by atoms with Gasteiger partial charge in [0.25, 0.3) is 0 Å². The lowest BCUT2D eigenvalue weighted by Crippen LogP contribution is -2.33. The minimum Gasteiger partial charge on any atom is -0.508 e. The summed E-state index contributed by atoms with van der Waals surface area (Å²) in [6.45, 7) is 0. The van der Waals surface area contributed by atoms with Crippen LogP contribution in [0, 0.1) is 0 Å². The van der Waals surface area contributed by atoms with E-state index in [0.717, 1.165) is 0 Å². The van der Waals surface area contributed by atoms with E-state index in [0.29, 0.717) is 21.7 Å². The fourth-order valence-corrected chi connectivity index (χ4v) is 4.62. The molecule has 0 saturated heterocycles. The van der Waals surface area contributed by atoms with Crippen molar-refractivity contribution >= 4 is 17.4 Å². The molecule has 8 heteroatoms. The van der Waals surface area contributed by atoms with Gasteiger partial charge in [0.05, 0.1) is 10.8 Å². The van der Waals surface area contributed by atoms with E-state index < -0.39 is 17.5 Å². The summed E-state index contributed by atoms with van der Waals surface area (Å²) >= 11 is 1.26. The molecule has 0 aliphatic carbocycles. The number of aliphatic hydroxyl groups is 1. The van der Waals surface area contributed by atoms with E-state index in [-0.39, 0.29) is 28.7 Å². The van der Waals surface area contributed by atoms with Crippen molar-refractivity contribution in [3.05, 3.63) is 65.7 Å². The summed E-state index contributed by atoms with van der Waals surface area (Å²) in [5, 5.41) is 50.2. The number of hydrogen-bond donors (Lipinski definition) is 6. The highest BCUT2D eigenvalue weighted by Gasteiger charge is 2.41. The van der Waals surface area contributed by atoms with Crippen LogP contribution >= 0.6 is 11.8 Å². The van der Waals surface area contributed by atoms with Crippen molar-refractivity contribution in [1.82, 2.24) is 0 Å². The number of nitrogens with two attached hydrogens (primary N) is 1. The first-order valence-electron chi connectivity index (χ1n) is 8.79. The smallest absolute Gasteiger partial charge is 0.157 e. The second-order valence-electron chi connectivity index (χ2n) is 6.73. The van der Waals surface area contributed by atoms with Gasteiger partial charge in [-0.3, -0.25) is 0 Å². The Morgan fingerprint density at radius 2 is 1.62 bits per heavy atom. The van der Waals surface area contributed by atoms with Gasteiger partial charge >= 0.3 is 0 Å². The number of rotatable bonds is 3. The van der Waals surface area contributed by atoms with Gasteiger partial charge in [-0.25, -0.2) is 0 Å². The van der Waals surface area contributed by atoms with Gasteiger partial charge in [0.1, 0.15) is 23.4 Å². The van der Waals surface area contributed by atoms with Gasteiger partial charge in [0.2, 0.25) is 0 Å². The molecule has 0 radical (unpaired) electrons. The monoisotopic (exact) mass is 413 g/mol. The molecule has 3 aromatic rings. The molecule has 7 N–H and O–H groups in total. The van der Waals surface area contributed by atoms with Crippen LogP contribution < -0.4 is 10.5 Å². The summed E-state index contributed by atoms with van der Waals surface area (Å²) in [7, 11) is 0. The van der Waals surface area contributed by atoms with Gasteiger partial charge in [0.15, 0.2) is 17.6 Å². The van der Waals surface area contributed by atoms with Crippen molar-refractivity contribution in [1.29, 1.82) is 0 Å². The van der Waals surface area contributed by atoms with Crippen molar-refractivity contribution < 1.29 is 30.3 Å². The Labute approximate surface area is 170 Å². The summed E-state index contributed by atoms with van der Waals surface area (Å²) < 4.78 is 5.88. The number of thioether (sulfide) groups is 1. The molecule has 29 heavy (non-hydrogen) atoms. The average Bonchev–Trinajstić information content (AvgIpc) is 2.67. The molecular formula is C21H19NO6S. The standard InChI is InChI=1S/C21H19NO6S/c22-12-3-1-2-4-17(12)29-21-18-15(26)8-11(23)9-16(18)28-20(19(21)27)10-5-6-13(24)14(25)7-10/h1-9,19-21,23-27H,22H2/t19-,20+,21-/m0/s1. The Morgan fingerprint density at radius 1 is 0.862 bits per heavy atom. The maximum atomic E-state index is 11.1. The first kappa shape index (κ1) is 19.1. The second-order valence-corrected chi connectivity index (χ2v) is 7.91. The van der Waals surface area contributed by atoms with Crippen LogP contribution in [0.5, 0.6) is 28.7 Å². The van der Waals surface area contributed by atoms with Gasteiger partial charge in [0, 0.05) is 22.7 Å². The number of fused-ring (bicyclic) bond motifs is 1. The Hall–Kier alpha value is -3.23. The van der Waals surface area contributed by atoms with Crippen LogP contribution in [0.15, 0.2) is 59.5 Å². The first-order chi connectivity index (χ1) is 13.8. The molecule has 0 bridgehead atoms. The molecule has 0 saturated carbocycles. The molecule has 0 spiro atoms. The lowest BCUT2D eigenvalue weighted by atomic mass is 9.93. The summed E-state index contributed by atoms with van der Waals surface area (Å²) in [4.78, 5) is 0.712. The highest BCUT2D eigenvalue weighted by atomic mass is 32.2. The van der Waals surface area contributed by atoms with Crippen LogP contribution in [0.4, 0.5) is 5.69 Å². The average molecular weight is 413 g/mol. The zero-order valence-electron chi connectivity index (χ0n) is 15.1. The quantitative estimate of drug-likeness (QED) is 0.284. The van der Waals surface area contributed by atoms with Gasteiger partial charge in [-0.1, -0.05) is 18.2 Å². The van der Waals surface area contributed by atoms with E-state index >= 15 is 0 Å². The Kier molecular flexibility index (Phi) is 4.81. The lowest BCUT2D eigenvalue weighted by Gasteiger charge is -2.37. The first-order valence-corrected chi connectivity index (χ1v) is 9.66. The van der Waals surface area contributed by atoms with Gasteiger partial charge in [-0.2, -0.15) is 0 Å². The van der Waals surface area contributed by atoms with E-state index in [4.69, 9.17) is 10.5 Å². The van der Waals surface area contributed by atoms with E-state index in [1.165, 1.54) is 42.1 Å². The molecule has 7 nitrogen and oxygen atoms in total. The van der Waals surface area contributed by atoms with Crippen LogP contribution in [0.2, 0.25) is 0 Å². The molecule has 4 rings (SSSR count). The molecule has 0 aromatic heterocycles. The number of phenols is 4. The maximum Gasteiger partial charge on any atom is 0.157 e. The van der Waals surface area contributed by atoms with E-state index in [1.54, 1.807) is 18.2 Å². The van der Waals surface area contributed by atoms with Crippen molar-refractivity contribution in [2.24, 2.45) is 0 Å². The molecule has 3 aromatic carbocycles. The SMILES string of the molecule is Nc1ccccc1S[C@H]1c2c(O)cc(O)cc2O[C@H](c2ccc(O)c(O)c2)[C@@H]1O. The van der Waals surface area contributed by atoms with Crippen LogP contribution in [-0.4, -0.2) is 31.6 Å². The van der Waals surface area contributed by atoms with Crippen LogP contribution in [0.3, 0.4) is 0 Å². The Balaban J connectivity index is 1.81. The fourth-order valence-electron chi connectivity index (χ4n) is 3.35. The van der Waals surface area contributed by atoms with Gasteiger partial charge in [-0.15, -0.1) is 11.8 Å². The number of aromatic hydroxyl groups is 4. The molecule has 0 amide bonds. The van der Waals surface area contributed by atoms with Crippen LogP contribution in [0.25, 0.3) is 0 Å². The highest BCUT2D eigenvalue weighted by molar-refractivity contribution is 7.99. The highest BCUT2D eigenvalue weighted by Crippen LogP contribution is 2.54. The van der Waals surface area contributed by atoms with Gasteiger partial charge in [-0.05, 0) is 29.8 Å². The number of aliphatic hydroxyl groups excluding tert-OH is 1. The molecular weight excluding hydrogens is 394 g/mol. The third kappa shape index (κ3) is 3.48. The molecule has 0 fully saturated rings. The van der Waals surface area contributed by atoms with Crippen molar-refractivity contribution in [2.45, 2.75) is 22.4 Å². The number of para-hydroxylation sites is 1. The molecule has 3 atom stereocenters. The van der Waals surface area contributed by atoms with E-state index in [9.17, 15) is 25.5 Å². The van der Waals surface area contributed by atoms with Crippen LogP contribution in [-0.2, 0) is 0 Å². The molecule has 0 unspecified atom stereocenters. The molecule has 1 aliphatic heterocycles. The summed E-state index contributed by atoms with van der Waals surface area (Å²) in [6.07, 6.45) is -2.05. The number of hydrogen-bond acceptors (Lipinski definition) is 8. The number of benzene rings is 3. The maximum absolute atomic E-state index is 11.1. The zero-order chi connectivity index (χ0) is 20.7. The third-order valence-corrected chi connectivity index (χ3v) is 6.16. The van der Waals surface area contributed by atoms with Crippen molar-refractivity contribution in [3.63, 3.8) is 0 Å². The largest absolute Gasteiger partial charge is 0.508 e. The third-order valence-electron chi connectivity index (χ3n) is 4.76. The van der Waals surface area contributed by atoms with Crippen molar-refractivity contribution in [2.75, 3.05) is 5.73 Å². The predicted octanol–water partition coefficient (Wildman–Crippen LogP) is 3.42.